The molecule has 0 aromatic heterocycles. The summed E-state index contributed by atoms with van der Waals surface area (Å²) in [4.78, 5) is 4.47. The second kappa shape index (κ2) is 21.5. The van der Waals surface area contributed by atoms with Gasteiger partial charge < -0.3 is 34.2 Å². The molecule has 3 fully saturated rings. The number of nitrogens with zero attached hydrogens (tertiary/aromatic N) is 2. The van der Waals surface area contributed by atoms with Gasteiger partial charge in [0.15, 0.2) is 0 Å². The zero-order chi connectivity index (χ0) is 33.1. The Morgan fingerprint density at radius 2 is 1.00 bits per heavy atom. The summed E-state index contributed by atoms with van der Waals surface area (Å²) < 4.78 is 39.3. The molecule has 0 radical (unpaired) electrons. The van der Waals surface area contributed by atoms with Crippen LogP contribution in [0.4, 0.5) is 0 Å². The van der Waals surface area contributed by atoms with E-state index in [0.29, 0.717) is 17.6 Å². The van der Waals surface area contributed by atoms with Crippen LogP contribution >= 0.6 is 0 Å². The van der Waals surface area contributed by atoms with Crippen molar-refractivity contribution in [3.05, 3.63) is 48.5 Å². The largest absolute Gasteiger partial charge is 0.508 e. The number of hydrogen-bond donors (Lipinski definition) is 2. The van der Waals surface area contributed by atoms with E-state index in [-0.39, 0.29) is 21.3 Å². The van der Waals surface area contributed by atoms with Crippen LogP contribution in [-0.4, -0.2) is 108 Å². The fraction of sp³-hybridized carbons (Fsp3) is 0.636. The lowest BCUT2D eigenvalue weighted by Crippen LogP contribution is -2.41. The first-order valence-corrected chi connectivity index (χ1v) is 16.8. The predicted octanol–water partition coefficient (Wildman–Crippen LogP) is 5.70. The highest BCUT2D eigenvalue weighted by molar-refractivity contribution is 7.91. The van der Waals surface area contributed by atoms with Crippen molar-refractivity contribution in [1.29, 1.82) is 0 Å². The maximum absolute atomic E-state index is 12.1. The summed E-state index contributed by atoms with van der Waals surface area (Å²) >= 11 is 0. The molecule has 0 aliphatic carbocycles. The summed E-state index contributed by atoms with van der Waals surface area (Å²) in [6.07, 6.45) is 3.66. The maximum atomic E-state index is 12.1. The minimum absolute atomic E-state index is 0.00894. The van der Waals surface area contributed by atoms with Crippen molar-refractivity contribution in [2.75, 3.05) is 67.7 Å². The molecule has 2 aromatic carbocycles. The molecule has 0 bridgehead atoms. The van der Waals surface area contributed by atoms with Crippen LogP contribution in [0.15, 0.2) is 58.3 Å². The average molecular weight is 627 g/mol. The number of epoxide rings is 2. The number of benzene rings is 2. The molecule has 2 unspecified atom stereocenters. The van der Waals surface area contributed by atoms with Crippen LogP contribution in [0.2, 0.25) is 0 Å². The Morgan fingerprint density at radius 3 is 1.14 bits per heavy atom. The average Bonchev–Trinajstić information content (AvgIpc) is 3.91. The Hall–Kier alpha value is -2.21. The number of phenols is 2. The highest BCUT2D eigenvalue weighted by atomic mass is 32.2. The van der Waals surface area contributed by atoms with Crippen molar-refractivity contribution in [1.82, 2.24) is 9.80 Å². The van der Waals surface area contributed by atoms with Crippen molar-refractivity contribution < 1.29 is 32.8 Å². The first-order valence-electron chi connectivity index (χ1n) is 15.3. The van der Waals surface area contributed by atoms with Crippen molar-refractivity contribution in [3.8, 4) is 11.5 Å². The molecule has 2 aromatic rings. The Morgan fingerprint density at radius 1 is 0.698 bits per heavy atom. The minimum atomic E-state index is -3.59. The van der Waals surface area contributed by atoms with Gasteiger partial charge in [-0.25, -0.2) is 8.42 Å². The van der Waals surface area contributed by atoms with Crippen LogP contribution < -0.4 is 0 Å². The van der Waals surface area contributed by atoms with Crippen molar-refractivity contribution in [2.24, 2.45) is 5.41 Å². The zero-order valence-corrected chi connectivity index (χ0v) is 29.0. The van der Waals surface area contributed by atoms with Crippen molar-refractivity contribution in [3.63, 3.8) is 0 Å². The minimum Gasteiger partial charge on any atom is -0.508 e. The van der Waals surface area contributed by atoms with E-state index in [1.807, 2.05) is 27.7 Å². The van der Waals surface area contributed by atoms with E-state index in [9.17, 15) is 8.42 Å². The lowest BCUT2D eigenvalue weighted by molar-refractivity contribution is -0.116. The van der Waals surface area contributed by atoms with E-state index < -0.39 is 9.84 Å². The van der Waals surface area contributed by atoms with Gasteiger partial charge >= 0.3 is 0 Å². The monoisotopic (exact) mass is 626 g/mol. The molecule has 2 atom stereocenters. The molecular formula is C33H58N2O7S. The number of sulfone groups is 1. The number of ether oxygens (including phenoxy) is 3. The van der Waals surface area contributed by atoms with Gasteiger partial charge in [-0.3, -0.25) is 0 Å². The third-order valence-corrected chi connectivity index (χ3v) is 8.34. The van der Waals surface area contributed by atoms with Crippen LogP contribution in [0.1, 0.15) is 54.4 Å². The van der Waals surface area contributed by atoms with Gasteiger partial charge in [0.05, 0.1) is 48.4 Å². The molecule has 0 amide bonds. The SMILES string of the molecule is CC.CC.CCC1(CC)COC1.CN(C)CC1CO1.CN(C)CC1CO1.O=S(=O)(c1ccc(O)cc1)c1ccc(O)cc1. The van der Waals surface area contributed by atoms with E-state index >= 15 is 0 Å². The van der Waals surface area contributed by atoms with Gasteiger partial charge in [-0.2, -0.15) is 0 Å². The molecule has 0 spiro atoms. The van der Waals surface area contributed by atoms with E-state index in [0.717, 1.165) is 39.5 Å². The normalized spacial score (nSPS) is 18.7. The van der Waals surface area contributed by atoms with E-state index in [4.69, 9.17) is 24.4 Å². The molecular weight excluding hydrogens is 568 g/mol. The van der Waals surface area contributed by atoms with Crippen molar-refractivity contribution >= 4 is 9.84 Å². The molecule has 2 N–H and O–H groups in total. The fourth-order valence-electron chi connectivity index (χ4n) is 3.60. The Labute approximate surface area is 261 Å². The van der Waals surface area contributed by atoms with Gasteiger partial charge in [-0.15, -0.1) is 0 Å². The standard InChI is InChI=1S/C12H10O4S.C7H14O.2C5H11NO.2C2H6/c13-9-1-5-11(6-2-9)17(15,16)12-7-3-10(14)4-8-12;1-3-7(4-2)5-8-6-7;2*1-6(2)3-5-4-7-5;2*1-2/h1-8,13-14H;3-6H2,1-2H3;2*5H,3-4H2,1-2H3;2*1-2H3. The molecule has 3 heterocycles. The number of phenolic OH excluding ortho intramolecular Hbond substituents is 2. The quantitative estimate of drug-likeness (QED) is 0.356. The number of likely N-dealkylation sites (N-methyl/N-ethyl adjacent to an activating group) is 2. The summed E-state index contributed by atoms with van der Waals surface area (Å²) in [7, 11) is 4.63. The Balaban J connectivity index is 0.000000571. The van der Waals surface area contributed by atoms with E-state index in [2.05, 4.69) is 51.8 Å². The first-order chi connectivity index (χ1) is 20.4. The highest BCUT2D eigenvalue weighted by Crippen LogP contribution is 2.34. The summed E-state index contributed by atoms with van der Waals surface area (Å²) in [5.74, 6) is 0.0179. The summed E-state index contributed by atoms with van der Waals surface area (Å²) in [5.41, 5.74) is 0.583. The van der Waals surface area contributed by atoms with Gasteiger partial charge in [-0.1, -0.05) is 41.5 Å². The van der Waals surface area contributed by atoms with Gasteiger partial charge in [-0.05, 0) is 89.6 Å². The molecule has 248 valence electrons. The third-order valence-electron chi connectivity index (χ3n) is 6.55. The lowest BCUT2D eigenvalue weighted by Gasteiger charge is -2.39. The molecule has 43 heavy (non-hydrogen) atoms. The molecule has 3 aliphatic heterocycles. The predicted molar refractivity (Wildman–Crippen MR) is 175 cm³/mol. The number of rotatable bonds is 8. The Kier molecular flexibility index (Phi) is 20.4. The maximum Gasteiger partial charge on any atom is 0.206 e. The van der Waals surface area contributed by atoms with Gasteiger partial charge in [0.2, 0.25) is 9.84 Å². The molecule has 10 heteroatoms. The summed E-state index contributed by atoms with van der Waals surface area (Å²) in [6.45, 7) is 18.6. The molecule has 5 rings (SSSR count). The molecule has 0 saturated carbocycles. The van der Waals surface area contributed by atoms with Gasteiger partial charge in [0.1, 0.15) is 11.5 Å². The van der Waals surface area contributed by atoms with Crippen LogP contribution in [0.25, 0.3) is 0 Å². The summed E-state index contributed by atoms with van der Waals surface area (Å²) in [5, 5.41) is 18.2. The Bertz CT molecular complexity index is 980. The number of hydrogen-bond acceptors (Lipinski definition) is 9. The smallest absolute Gasteiger partial charge is 0.206 e. The van der Waals surface area contributed by atoms with E-state index in [1.165, 1.54) is 61.4 Å². The van der Waals surface area contributed by atoms with Crippen LogP contribution in [0.3, 0.4) is 0 Å². The molecule has 3 aliphatic rings. The van der Waals surface area contributed by atoms with Crippen LogP contribution in [-0.2, 0) is 24.0 Å². The number of aromatic hydroxyl groups is 2. The lowest BCUT2D eigenvalue weighted by atomic mass is 9.81. The van der Waals surface area contributed by atoms with Gasteiger partial charge in [0, 0.05) is 18.5 Å². The van der Waals surface area contributed by atoms with Crippen LogP contribution in [0, 0.1) is 5.41 Å². The van der Waals surface area contributed by atoms with E-state index in [1.54, 1.807) is 0 Å². The topological polar surface area (TPSA) is 115 Å². The third kappa shape index (κ3) is 17.0. The van der Waals surface area contributed by atoms with Crippen molar-refractivity contribution in [2.45, 2.75) is 76.4 Å². The molecule has 3 saturated heterocycles. The summed E-state index contributed by atoms with van der Waals surface area (Å²) in [6, 6.07) is 10.6. The fourth-order valence-corrected chi connectivity index (χ4v) is 4.86. The second-order valence-corrected chi connectivity index (χ2v) is 12.6. The molecule has 9 nitrogen and oxygen atoms in total. The highest BCUT2D eigenvalue weighted by Gasteiger charge is 2.34. The first kappa shape index (κ1) is 40.8. The van der Waals surface area contributed by atoms with Gasteiger partial charge in [0.25, 0.3) is 0 Å². The zero-order valence-electron chi connectivity index (χ0n) is 28.2. The van der Waals surface area contributed by atoms with Crippen LogP contribution in [0.5, 0.6) is 11.5 Å². The second-order valence-electron chi connectivity index (χ2n) is 10.6.